The summed E-state index contributed by atoms with van der Waals surface area (Å²) in [7, 11) is 0. The zero-order chi connectivity index (χ0) is 8.72. The molecule has 0 aliphatic rings. The van der Waals surface area contributed by atoms with Crippen LogP contribution < -0.4 is 5.69 Å². The molecule has 0 amide bonds. The summed E-state index contributed by atoms with van der Waals surface area (Å²) in [6, 6.07) is 1.68. The summed E-state index contributed by atoms with van der Waals surface area (Å²) in [6.45, 7) is 0. The third kappa shape index (κ3) is 1.05. The molecule has 6 heteroatoms. The highest BCUT2D eigenvalue weighted by atomic mass is 79.9. The monoisotopic (exact) mass is 247 g/mol. The molecule has 4 nitrogen and oxygen atoms in total. The SMILES string of the molecule is O=c1[nH]nc2c(Cl)cc(Br)cn12. The number of rotatable bonds is 0. The largest absolute Gasteiger partial charge is 0.347 e. The van der Waals surface area contributed by atoms with Crippen molar-refractivity contribution >= 4 is 33.2 Å². The van der Waals surface area contributed by atoms with Gasteiger partial charge in [0.25, 0.3) is 0 Å². The van der Waals surface area contributed by atoms with Crippen molar-refractivity contribution in [2.45, 2.75) is 0 Å². The summed E-state index contributed by atoms with van der Waals surface area (Å²) in [5.74, 6) is 0. The van der Waals surface area contributed by atoms with Crippen molar-refractivity contribution in [3.8, 4) is 0 Å². The van der Waals surface area contributed by atoms with E-state index in [4.69, 9.17) is 11.6 Å². The third-order valence-corrected chi connectivity index (χ3v) is 2.15. The first-order chi connectivity index (χ1) is 5.68. The highest BCUT2D eigenvalue weighted by Gasteiger charge is 2.04. The van der Waals surface area contributed by atoms with Crippen molar-refractivity contribution in [2.24, 2.45) is 0 Å². The quantitative estimate of drug-likeness (QED) is 0.767. The number of nitrogens with zero attached hydrogens (tertiary/aromatic N) is 2. The van der Waals surface area contributed by atoms with Crippen molar-refractivity contribution in [1.82, 2.24) is 14.6 Å². The smallest absolute Gasteiger partial charge is 0.248 e. The second-order valence-corrected chi connectivity index (χ2v) is 3.55. The molecule has 0 aliphatic heterocycles. The molecule has 0 atom stereocenters. The summed E-state index contributed by atoms with van der Waals surface area (Å²) < 4.78 is 2.08. The normalized spacial score (nSPS) is 10.8. The molecule has 2 rings (SSSR count). The van der Waals surface area contributed by atoms with Crippen LogP contribution in [0, 0.1) is 0 Å². The van der Waals surface area contributed by atoms with E-state index in [0.29, 0.717) is 10.7 Å². The summed E-state index contributed by atoms with van der Waals surface area (Å²) in [6.07, 6.45) is 1.60. The molecule has 0 unspecified atom stereocenters. The molecular formula is C6H3BrClN3O. The molecule has 2 heterocycles. The van der Waals surface area contributed by atoms with E-state index in [-0.39, 0.29) is 5.69 Å². The van der Waals surface area contributed by atoms with Crippen LogP contribution in [-0.2, 0) is 0 Å². The highest BCUT2D eigenvalue weighted by molar-refractivity contribution is 9.10. The van der Waals surface area contributed by atoms with Gasteiger partial charge in [0.15, 0.2) is 5.65 Å². The molecule has 0 bridgehead atoms. The Hall–Kier alpha value is -0.810. The lowest BCUT2D eigenvalue weighted by atomic mass is 10.5. The van der Waals surface area contributed by atoms with E-state index in [9.17, 15) is 4.79 Å². The van der Waals surface area contributed by atoms with Crippen LogP contribution in [0.4, 0.5) is 0 Å². The van der Waals surface area contributed by atoms with Gasteiger partial charge in [-0.15, -0.1) is 0 Å². The van der Waals surface area contributed by atoms with Gasteiger partial charge in [-0.25, -0.2) is 14.3 Å². The van der Waals surface area contributed by atoms with E-state index < -0.39 is 0 Å². The fraction of sp³-hybridized carbons (Fsp3) is 0. The van der Waals surface area contributed by atoms with Crippen LogP contribution in [0.25, 0.3) is 5.65 Å². The number of hydrogen-bond donors (Lipinski definition) is 1. The summed E-state index contributed by atoms with van der Waals surface area (Å²) in [4.78, 5) is 11.0. The molecule has 0 fully saturated rings. The number of aromatic amines is 1. The average Bonchev–Trinajstić information content (AvgIpc) is 2.33. The van der Waals surface area contributed by atoms with Gasteiger partial charge in [0.1, 0.15) is 0 Å². The molecule has 62 valence electrons. The number of halogens is 2. The minimum atomic E-state index is -0.298. The number of hydrogen-bond acceptors (Lipinski definition) is 2. The van der Waals surface area contributed by atoms with Gasteiger partial charge in [0.05, 0.1) is 5.02 Å². The first-order valence-electron chi connectivity index (χ1n) is 3.10. The van der Waals surface area contributed by atoms with Crippen molar-refractivity contribution in [1.29, 1.82) is 0 Å². The van der Waals surface area contributed by atoms with Gasteiger partial charge in [-0.1, -0.05) is 11.6 Å². The Kier molecular flexibility index (Phi) is 1.69. The molecule has 0 spiro atoms. The molecule has 2 aromatic rings. The number of fused-ring (bicyclic) bond motifs is 1. The van der Waals surface area contributed by atoms with Crippen LogP contribution in [0.5, 0.6) is 0 Å². The van der Waals surface area contributed by atoms with Gasteiger partial charge < -0.3 is 0 Å². The Bertz CT molecular complexity index is 489. The van der Waals surface area contributed by atoms with Crippen LogP contribution >= 0.6 is 27.5 Å². The van der Waals surface area contributed by atoms with E-state index in [1.165, 1.54) is 4.40 Å². The fourth-order valence-electron chi connectivity index (χ4n) is 0.939. The van der Waals surface area contributed by atoms with Crippen LogP contribution in [0.3, 0.4) is 0 Å². The minimum absolute atomic E-state index is 0.298. The van der Waals surface area contributed by atoms with Gasteiger partial charge in [0, 0.05) is 10.7 Å². The molecule has 12 heavy (non-hydrogen) atoms. The molecular weight excluding hydrogens is 245 g/mol. The Labute approximate surface area is 80.3 Å². The van der Waals surface area contributed by atoms with Gasteiger partial charge >= 0.3 is 5.69 Å². The number of H-pyrrole nitrogens is 1. The maximum absolute atomic E-state index is 11.0. The second kappa shape index (κ2) is 2.60. The number of nitrogens with one attached hydrogen (secondary N) is 1. The van der Waals surface area contributed by atoms with Crippen molar-refractivity contribution in [2.75, 3.05) is 0 Å². The molecule has 0 aromatic carbocycles. The van der Waals surface area contributed by atoms with Gasteiger partial charge in [-0.2, -0.15) is 5.10 Å². The first-order valence-corrected chi connectivity index (χ1v) is 4.27. The van der Waals surface area contributed by atoms with E-state index in [1.54, 1.807) is 12.3 Å². The van der Waals surface area contributed by atoms with E-state index in [1.807, 2.05) is 0 Å². The van der Waals surface area contributed by atoms with Gasteiger partial charge in [-0.3, -0.25) is 0 Å². The zero-order valence-corrected chi connectivity index (χ0v) is 8.06. The standard InChI is InChI=1S/C6H3BrClN3O/c7-3-1-4(8)5-9-10-6(12)11(5)2-3/h1-2H,(H,10,12). The Morgan fingerprint density at radius 2 is 2.42 bits per heavy atom. The topological polar surface area (TPSA) is 50.2 Å². The van der Waals surface area contributed by atoms with Crippen LogP contribution in [0.2, 0.25) is 5.02 Å². The molecule has 0 radical (unpaired) electrons. The second-order valence-electron chi connectivity index (χ2n) is 2.23. The highest BCUT2D eigenvalue weighted by Crippen LogP contribution is 2.18. The molecule has 0 aliphatic carbocycles. The summed E-state index contributed by atoms with van der Waals surface area (Å²) in [5.41, 5.74) is 0.137. The summed E-state index contributed by atoms with van der Waals surface area (Å²) in [5, 5.41) is 6.46. The van der Waals surface area contributed by atoms with Gasteiger partial charge in [0.2, 0.25) is 0 Å². The Morgan fingerprint density at radius 1 is 1.67 bits per heavy atom. The van der Waals surface area contributed by atoms with Crippen molar-refractivity contribution in [3.05, 3.63) is 32.2 Å². The molecule has 0 saturated carbocycles. The van der Waals surface area contributed by atoms with Crippen LogP contribution in [-0.4, -0.2) is 14.6 Å². The van der Waals surface area contributed by atoms with Crippen LogP contribution in [0.15, 0.2) is 21.5 Å². The Morgan fingerprint density at radius 3 is 3.17 bits per heavy atom. The minimum Gasteiger partial charge on any atom is -0.248 e. The van der Waals surface area contributed by atoms with E-state index in [2.05, 4.69) is 26.1 Å². The molecule has 1 N–H and O–H groups in total. The predicted octanol–water partition coefficient (Wildman–Crippen LogP) is 1.44. The molecule has 0 saturated heterocycles. The third-order valence-electron chi connectivity index (χ3n) is 1.44. The van der Waals surface area contributed by atoms with Crippen molar-refractivity contribution in [3.63, 3.8) is 0 Å². The number of pyridine rings is 1. The van der Waals surface area contributed by atoms with Crippen molar-refractivity contribution < 1.29 is 0 Å². The predicted molar refractivity (Wildman–Crippen MR) is 48.5 cm³/mol. The van der Waals surface area contributed by atoms with E-state index >= 15 is 0 Å². The Balaban J connectivity index is 3.02. The zero-order valence-electron chi connectivity index (χ0n) is 5.71. The van der Waals surface area contributed by atoms with E-state index in [0.717, 1.165) is 4.47 Å². The first kappa shape index (κ1) is 7.82. The lowest BCUT2D eigenvalue weighted by Crippen LogP contribution is -2.08. The number of aromatic nitrogens is 3. The van der Waals surface area contributed by atoms with Crippen LogP contribution in [0.1, 0.15) is 0 Å². The molecule has 2 aromatic heterocycles. The lowest BCUT2D eigenvalue weighted by Gasteiger charge is -1.94. The fourth-order valence-corrected chi connectivity index (χ4v) is 1.76. The maximum atomic E-state index is 11.0. The lowest BCUT2D eigenvalue weighted by molar-refractivity contribution is 1.02. The summed E-state index contributed by atoms with van der Waals surface area (Å²) >= 11 is 9.02. The van der Waals surface area contributed by atoms with Gasteiger partial charge in [-0.05, 0) is 22.0 Å². The average molecular weight is 248 g/mol. The maximum Gasteiger partial charge on any atom is 0.347 e.